The van der Waals surface area contributed by atoms with Crippen LogP contribution in [0.15, 0.2) is 12.2 Å². The van der Waals surface area contributed by atoms with Gasteiger partial charge in [-0.15, -0.1) is 0 Å². The Bertz CT molecular complexity index is 316. The van der Waals surface area contributed by atoms with E-state index in [-0.39, 0.29) is 23.8 Å². The molecule has 2 N–H and O–H groups in total. The third-order valence-electron chi connectivity index (χ3n) is 3.51. The van der Waals surface area contributed by atoms with E-state index in [4.69, 9.17) is 5.11 Å². The van der Waals surface area contributed by atoms with E-state index in [2.05, 4.69) is 17.5 Å². The maximum Gasteiger partial charge on any atom is 0.306 e. The molecule has 0 heterocycles. The van der Waals surface area contributed by atoms with E-state index in [0.717, 1.165) is 12.8 Å². The minimum Gasteiger partial charge on any atom is -0.481 e. The Kier molecular flexibility index (Phi) is 3.27. The van der Waals surface area contributed by atoms with E-state index in [9.17, 15) is 9.59 Å². The van der Waals surface area contributed by atoms with E-state index in [1.165, 1.54) is 0 Å². The van der Waals surface area contributed by atoms with Gasteiger partial charge in [-0.1, -0.05) is 12.2 Å². The van der Waals surface area contributed by atoms with Crippen LogP contribution in [0.4, 0.5) is 0 Å². The zero-order valence-electron chi connectivity index (χ0n) is 9.19. The van der Waals surface area contributed by atoms with E-state index >= 15 is 0 Å². The summed E-state index contributed by atoms with van der Waals surface area (Å²) >= 11 is 0. The van der Waals surface area contributed by atoms with Crippen molar-refractivity contribution in [2.45, 2.75) is 38.1 Å². The normalized spacial score (nSPS) is 29.5. The summed E-state index contributed by atoms with van der Waals surface area (Å²) in [6.07, 6.45) is 7.79. The van der Waals surface area contributed by atoms with Gasteiger partial charge in [0.25, 0.3) is 0 Å². The van der Waals surface area contributed by atoms with Crippen LogP contribution in [0, 0.1) is 11.8 Å². The van der Waals surface area contributed by atoms with E-state index in [1.807, 2.05) is 0 Å². The molecule has 2 aliphatic rings. The minimum absolute atomic E-state index is 0.0393. The lowest BCUT2D eigenvalue weighted by Crippen LogP contribution is -2.36. The first kappa shape index (κ1) is 11.2. The van der Waals surface area contributed by atoms with E-state index in [0.29, 0.717) is 19.3 Å². The van der Waals surface area contributed by atoms with Gasteiger partial charge in [-0.25, -0.2) is 0 Å². The molecule has 88 valence electrons. The molecule has 2 aliphatic carbocycles. The van der Waals surface area contributed by atoms with Gasteiger partial charge in [-0.05, 0) is 32.1 Å². The summed E-state index contributed by atoms with van der Waals surface area (Å²) < 4.78 is 0. The molecular weight excluding hydrogens is 206 g/mol. The van der Waals surface area contributed by atoms with Gasteiger partial charge in [-0.2, -0.15) is 0 Å². The largest absolute Gasteiger partial charge is 0.481 e. The molecule has 16 heavy (non-hydrogen) atoms. The maximum atomic E-state index is 11.8. The molecule has 1 fully saturated rings. The highest BCUT2D eigenvalue weighted by atomic mass is 16.4. The van der Waals surface area contributed by atoms with Gasteiger partial charge in [0.15, 0.2) is 0 Å². The van der Waals surface area contributed by atoms with Gasteiger partial charge >= 0.3 is 5.97 Å². The van der Waals surface area contributed by atoms with Crippen LogP contribution in [-0.4, -0.2) is 23.0 Å². The summed E-state index contributed by atoms with van der Waals surface area (Å²) in [4.78, 5) is 22.6. The number of aliphatic carboxylic acids is 1. The number of rotatable bonds is 3. The number of nitrogens with one attached hydrogen (secondary N) is 1. The average molecular weight is 223 g/mol. The minimum atomic E-state index is -0.766. The van der Waals surface area contributed by atoms with E-state index < -0.39 is 5.97 Å². The second-order valence-electron chi connectivity index (χ2n) is 4.69. The predicted molar refractivity (Wildman–Crippen MR) is 58.8 cm³/mol. The smallest absolute Gasteiger partial charge is 0.306 e. The zero-order valence-corrected chi connectivity index (χ0v) is 9.19. The fourth-order valence-electron chi connectivity index (χ4n) is 2.50. The molecule has 0 bridgehead atoms. The van der Waals surface area contributed by atoms with Gasteiger partial charge in [0.1, 0.15) is 0 Å². The fourth-order valence-corrected chi connectivity index (χ4v) is 2.50. The highest BCUT2D eigenvalue weighted by Crippen LogP contribution is 2.31. The van der Waals surface area contributed by atoms with Crippen molar-refractivity contribution in [2.75, 3.05) is 0 Å². The van der Waals surface area contributed by atoms with Crippen LogP contribution in [0.25, 0.3) is 0 Å². The first-order valence-electron chi connectivity index (χ1n) is 5.85. The molecule has 0 unspecified atom stereocenters. The van der Waals surface area contributed by atoms with Crippen LogP contribution >= 0.6 is 0 Å². The number of carboxylic acid groups (broad SMARTS) is 1. The van der Waals surface area contributed by atoms with Gasteiger partial charge in [0, 0.05) is 12.0 Å². The molecule has 0 radical (unpaired) electrons. The number of hydrogen-bond acceptors (Lipinski definition) is 2. The van der Waals surface area contributed by atoms with Crippen molar-refractivity contribution in [3.05, 3.63) is 12.2 Å². The van der Waals surface area contributed by atoms with Crippen molar-refractivity contribution in [1.82, 2.24) is 5.32 Å². The fraction of sp³-hybridized carbons (Fsp3) is 0.667. The predicted octanol–water partition coefficient (Wildman–Crippen LogP) is 1.32. The number of carbonyl (C=O) groups excluding carboxylic acids is 1. The lowest BCUT2D eigenvalue weighted by Gasteiger charge is -2.15. The summed E-state index contributed by atoms with van der Waals surface area (Å²) in [5, 5.41) is 11.8. The van der Waals surface area contributed by atoms with Crippen LogP contribution in [0.2, 0.25) is 0 Å². The van der Waals surface area contributed by atoms with Gasteiger partial charge in [-0.3, -0.25) is 9.59 Å². The Morgan fingerprint density at radius 1 is 1.12 bits per heavy atom. The van der Waals surface area contributed by atoms with Crippen molar-refractivity contribution in [2.24, 2.45) is 11.8 Å². The third-order valence-corrected chi connectivity index (χ3v) is 3.51. The molecule has 1 saturated carbocycles. The summed E-state index contributed by atoms with van der Waals surface area (Å²) in [5.41, 5.74) is 0. The highest BCUT2D eigenvalue weighted by molar-refractivity contribution is 5.81. The molecule has 0 aromatic carbocycles. The molecule has 0 aromatic heterocycles. The Labute approximate surface area is 94.7 Å². The van der Waals surface area contributed by atoms with Crippen molar-refractivity contribution < 1.29 is 14.7 Å². The quantitative estimate of drug-likeness (QED) is 0.709. The van der Waals surface area contributed by atoms with Crippen molar-refractivity contribution >= 4 is 11.9 Å². The number of carbonyl (C=O) groups is 2. The average Bonchev–Trinajstić information content (AvgIpc) is 2.86. The Morgan fingerprint density at radius 2 is 1.75 bits per heavy atom. The Morgan fingerprint density at radius 3 is 2.31 bits per heavy atom. The molecule has 2 rings (SSSR count). The van der Waals surface area contributed by atoms with Crippen LogP contribution in [0.1, 0.15) is 32.1 Å². The lowest BCUT2D eigenvalue weighted by atomic mass is 10.0. The monoisotopic (exact) mass is 223 g/mol. The molecule has 4 heteroatoms. The lowest BCUT2D eigenvalue weighted by molar-refractivity contribution is -0.141. The molecule has 0 saturated heterocycles. The van der Waals surface area contributed by atoms with Crippen LogP contribution in [0.5, 0.6) is 0 Å². The first-order valence-corrected chi connectivity index (χ1v) is 5.85. The number of amides is 1. The standard InChI is InChI=1S/C12H17NO3/c14-11(13-10-3-1-2-4-10)8-5-6-9(7-8)12(15)16/h1-2,8-10H,3-7H2,(H,13,14)(H,15,16)/t8-,9+/m1/s1. The third kappa shape index (κ3) is 2.43. The molecule has 0 aromatic rings. The maximum absolute atomic E-state index is 11.8. The Hall–Kier alpha value is -1.32. The highest BCUT2D eigenvalue weighted by Gasteiger charge is 2.34. The van der Waals surface area contributed by atoms with Gasteiger partial charge in [0.05, 0.1) is 5.92 Å². The van der Waals surface area contributed by atoms with Gasteiger partial charge < -0.3 is 10.4 Å². The second kappa shape index (κ2) is 4.68. The van der Waals surface area contributed by atoms with Gasteiger partial charge in [0.2, 0.25) is 5.91 Å². The topological polar surface area (TPSA) is 66.4 Å². The Balaban J connectivity index is 1.80. The van der Waals surface area contributed by atoms with Crippen molar-refractivity contribution in [3.63, 3.8) is 0 Å². The molecule has 0 spiro atoms. The van der Waals surface area contributed by atoms with Crippen LogP contribution < -0.4 is 5.32 Å². The first-order chi connectivity index (χ1) is 7.66. The van der Waals surface area contributed by atoms with Crippen LogP contribution in [-0.2, 0) is 9.59 Å². The molecule has 0 aliphatic heterocycles. The van der Waals surface area contributed by atoms with Crippen molar-refractivity contribution in [3.8, 4) is 0 Å². The summed E-state index contributed by atoms with van der Waals surface area (Å²) in [7, 11) is 0. The number of hydrogen-bond donors (Lipinski definition) is 2. The molecule has 2 atom stereocenters. The number of carboxylic acids is 1. The summed E-state index contributed by atoms with van der Waals surface area (Å²) in [6.45, 7) is 0. The molecular formula is C12H17NO3. The second-order valence-corrected chi connectivity index (χ2v) is 4.69. The molecule has 1 amide bonds. The molecule has 4 nitrogen and oxygen atoms in total. The van der Waals surface area contributed by atoms with Crippen molar-refractivity contribution in [1.29, 1.82) is 0 Å². The summed E-state index contributed by atoms with van der Waals surface area (Å²) in [5.74, 6) is -1.14. The SMILES string of the molecule is O=C(O)[C@H]1CC[C@@H](C(=O)NC2CC=CC2)C1. The van der Waals surface area contributed by atoms with E-state index in [1.54, 1.807) is 0 Å². The summed E-state index contributed by atoms with van der Waals surface area (Å²) in [6, 6.07) is 0.233. The van der Waals surface area contributed by atoms with Crippen LogP contribution in [0.3, 0.4) is 0 Å². The zero-order chi connectivity index (χ0) is 11.5.